The average Bonchev–Trinajstić information content (AvgIpc) is 2.43. The van der Waals surface area contributed by atoms with Crippen LogP contribution in [0.15, 0.2) is 0 Å². The number of aliphatic hydroxyl groups is 1. The predicted molar refractivity (Wildman–Crippen MR) is 84.6 cm³/mol. The molecule has 1 saturated carbocycles. The van der Waals surface area contributed by atoms with Crippen LogP contribution in [-0.2, 0) is 0 Å². The molecule has 0 bridgehead atoms. The van der Waals surface area contributed by atoms with Crippen LogP contribution in [0.5, 0.6) is 0 Å². The monoisotopic (exact) mass is 282 g/mol. The van der Waals surface area contributed by atoms with Gasteiger partial charge in [0, 0.05) is 24.5 Å². The van der Waals surface area contributed by atoms with Crippen LogP contribution < -0.4 is 5.73 Å². The lowest BCUT2D eigenvalue weighted by Gasteiger charge is -2.55. The number of hydrogen-bond acceptors (Lipinski definition) is 3. The molecule has 3 nitrogen and oxygen atoms in total. The molecule has 1 aliphatic heterocycles. The van der Waals surface area contributed by atoms with E-state index in [1.54, 1.807) is 0 Å². The first-order valence-corrected chi connectivity index (χ1v) is 8.46. The highest BCUT2D eigenvalue weighted by Gasteiger charge is 2.52. The molecule has 0 aromatic carbocycles. The van der Waals surface area contributed by atoms with Gasteiger partial charge in [-0.1, -0.05) is 13.8 Å². The lowest BCUT2D eigenvalue weighted by Crippen LogP contribution is -2.60. The molecule has 2 unspecified atom stereocenters. The van der Waals surface area contributed by atoms with E-state index in [1.165, 1.54) is 12.8 Å². The molecule has 0 radical (unpaired) electrons. The summed E-state index contributed by atoms with van der Waals surface area (Å²) >= 11 is 0. The van der Waals surface area contributed by atoms with Gasteiger partial charge in [0.05, 0.1) is 5.60 Å². The van der Waals surface area contributed by atoms with Crippen LogP contribution in [0.3, 0.4) is 0 Å². The third-order valence-corrected chi connectivity index (χ3v) is 6.57. The highest BCUT2D eigenvalue weighted by atomic mass is 16.3. The Morgan fingerprint density at radius 2 is 1.85 bits per heavy atom. The van der Waals surface area contributed by atoms with E-state index in [1.807, 2.05) is 0 Å². The molecule has 20 heavy (non-hydrogen) atoms. The minimum atomic E-state index is -0.546. The van der Waals surface area contributed by atoms with E-state index in [-0.39, 0.29) is 5.41 Å². The lowest BCUT2D eigenvalue weighted by molar-refractivity contribution is -0.146. The first-order valence-electron chi connectivity index (χ1n) is 8.46. The molecule has 0 aromatic rings. The lowest BCUT2D eigenvalue weighted by atomic mass is 9.57. The molecule has 2 aliphatic rings. The van der Waals surface area contributed by atoms with Crippen molar-refractivity contribution >= 4 is 0 Å². The van der Waals surface area contributed by atoms with E-state index in [9.17, 15) is 5.11 Å². The van der Waals surface area contributed by atoms with Crippen LogP contribution in [0.4, 0.5) is 0 Å². The molecule has 1 saturated heterocycles. The maximum Gasteiger partial charge on any atom is 0.0742 e. The molecular weight excluding hydrogens is 248 g/mol. The topological polar surface area (TPSA) is 49.5 Å². The molecule has 118 valence electrons. The maximum absolute atomic E-state index is 11.4. The van der Waals surface area contributed by atoms with E-state index < -0.39 is 5.60 Å². The normalized spacial score (nSPS) is 44.0. The van der Waals surface area contributed by atoms with Gasteiger partial charge in [-0.3, -0.25) is 0 Å². The van der Waals surface area contributed by atoms with E-state index in [0.29, 0.717) is 12.6 Å². The molecule has 3 N–H and O–H groups in total. The summed E-state index contributed by atoms with van der Waals surface area (Å²) in [5.74, 6) is 1.58. The quantitative estimate of drug-likeness (QED) is 0.836. The Labute approximate surface area is 124 Å². The largest absolute Gasteiger partial charge is 0.389 e. The zero-order chi connectivity index (χ0) is 15.0. The number of piperidine rings is 1. The zero-order valence-electron chi connectivity index (χ0n) is 13.9. The summed E-state index contributed by atoms with van der Waals surface area (Å²) in [7, 11) is 2.16. The summed E-state index contributed by atoms with van der Waals surface area (Å²) < 4.78 is 0. The summed E-state index contributed by atoms with van der Waals surface area (Å²) in [6.45, 7) is 8.52. The Balaban J connectivity index is 2.11. The van der Waals surface area contributed by atoms with Crippen LogP contribution in [0, 0.1) is 17.3 Å². The Bertz CT molecular complexity index is 323. The van der Waals surface area contributed by atoms with Gasteiger partial charge in [-0.2, -0.15) is 0 Å². The Kier molecular flexibility index (Phi) is 4.83. The van der Waals surface area contributed by atoms with Crippen molar-refractivity contribution in [2.45, 2.75) is 70.9 Å². The van der Waals surface area contributed by atoms with Crippen molar-refractivity contribution in [3.63, 3.8) is 0 Å². The Hall–Kier alpha value is -0.120. The SMILES string of the molecule is CC(C)C1CCC(CN)(C2(O)CCN(C)C(C)C2)CC1. The zero-order valence-corrected chi connectivity index (χ0v) is 13.9. The number of rotatable bonds is 3. The van der Waals surface area contributed by atoms with Gasteiger partial charge in [-0.05, 0) is 64.3 Å². The van der Waals surface area contributed by atoms with Gasteiger partial charge in [0.1, 0.15) is 0 Å². The fourth-order valence-corrected chi connectivity index (χ4v) is 4.53. The van der Waals surface area contributed by atoms with Gasteiger partial charge in [0.25, 0.3) is 0 Å². The summed E-state index contributed by atoms with van der Waals surface area (Å²) in [5.41, 5.74) is 5.60. The van der Waals surface area contributed by atoms with Gasteiger partial charge in [0.2, 0.25) is 0 Å². The molecular formula is C17H34N2O. The minimum absolute atomic E-state index is 0.0338. The molecule has 1 heterocycles. The first-order chi connectivity index (χ1) is 9.33. The molecule has 3 heteroatoms. The summed E-state index contributed by atoms with van der Waals surface area (Å²) in [6.07, 6.45) is 6.46. The molecule has 1 aliphatic carbocycles. The number of nitrogens with zero attached hydrogens (tertiary/aromatic N) is 1. The Morgan fingerprint density at radius 1 is 1.25 bits per heavy atom. The molecule has 0 spiro atoms. The van der Waals surface area contributed by atoms with Crippen molar-refractivity contribution in [1.82, 2.24) is 4.90 Å². The number of hydrogen-bond donors (Lipinski definition) is 2. The van der Waals surface area contributed by atoms with Gasteiger partial charge in [-0.25, -0.2) is 0 Å². The van der Waals surface area contributed by atoms with Crippen LogP contribution >= 0.6 is 0 Å². The second kappa shape index (κ2) is 5.94. The molecule has 2 atom stereocenters. The van der Waals surface area contributed by atoms with Crippen LogP contribution in [0.2, 0.25) is 0 Å². The molecule has 2 fully saturated rings. The highest BCUT2D eigenvalue weighted by Crippen LogP contribution is 2.51. The molecule has 0 amide bonds. The van der Waals surface area contributed by atoms with E-state index in [0.717, 1.165) is 44.1 Å². The second-order valence-corrected chi connectivity index (χ2v) is 7.88. The third-order valence-electron chi connectivity index (χ3n) is 6.57. The van der Waals surface area contributed by atoms with Gasteiger partial charge < -0.3 is 15.7 Å². The smallest absolute Gasteiger partial charge is 0.0742 e. The number of nitrogens with two attached hydrogens (primary N) is 1. The average molecular weight is 282 g/mol. The summed E-state index contributed by atoms with van der Waals surface area (Å²) in [4.78, 5) is 2.36. The van der Waals surface area contributed by atoms with Crippen LogP contribution in [0.1, 0.15) is 59.3 Å². The van der Waals surface area contributed by atoms with E-state index in [4.69, 9.17) is 5.73 Å². The second-order valence-electron chi connectivity index (χ2n) is 7.88. The summed E-state index contributed by atoms with van der Waals surface area (Å²) in [5, 5.41) is 11.4. The molecule has 0 aromatic heterocycles. The van der Waals surface area contributed by atoms with Crippen molar-refractivity contribution in [2.24, 2.45) is 23.0 Å². The third kappa shape index (κ3) is 2.77. The number of likely N-dealkylation sites (tertiary alicyclic amines) is 1. The minimum Gasteiger partial charge on any atom is -0.389 e. The van der Waals surface area contributed by atoms with Crippen molar-refractivity contribution in [1.29, 1.82) is 0 Å². The van der Waals surface area contributed by atoms with Crippen molar-refractivity contribution in [2.75, 3.05) is 20.1 Å². The predicted octanol–water partition coefficient (Wildman–Crippen LogP) is 2.62. The molecule has 2 rings (SSSR count). The van der Waals surface area contributed by atoms with Crippen molar-refractivity contribution < 1.29 is 5.11 Å². The fraction of sp³-hybridized carbons (Fsp3) is 1.00. The van der Waals surface area contributed by atoms with Crippen molar-refractivity contribution in [3.8, 4) is 0 Å². The maximum atomic E-state index is 11.4. The Morgan fingerprint density at radius 3 is 2.30 bits per heavy atom. The highest BCUT2D eigenvalue weighted by molar-refractivity contribution is 5.05. The van der Waals surface area contributed by atoms with E-state index >= 15 is 0 Å². The van der Waals surface area contributed by atoms with Crippen molar-refractivity contribution in [3.05, 3.63) is 0 Å². The van der Waals surface area contributed by atoms with Crippen LogP contribution in [0.25, 0.3) is 0 Å². The van der Waals surface area contributed by atoms with Gasteiger partial charge in [0.15, 0.2) is 0 Å². The summed E-state index contributed by atoms with van der Waals surface area (Å²) in [6, 6.07) is 0.458. The first kappa shape index (κ1) is 16.3. The van der Waals surface area contributed by atoms with E-state index in [2.05, 4.69) is 32.7 Å². The van der Waals surface area contributed by atoms with Gasteiger partial charge in [-0.15, -0.1) is 0 Å². The fourth-order valence-electron chi connectivity index (χ4n) is 4.53. The van der Waals surface area contributed by atoms with Crippen LogP contribution in [-0.4, -0.2) is 41.8 Å². The standard InChI is InChI=1S/C17H34N2O/c1-13(2)15-5-7-16(12-18,8-6-15)17(20)9-10-19(4)14(3)11-17/h13-15,20H,5-12,18H2,1-4H3. The van der Waals surface area contributed by atoms with Gasteiger partial charge >= 0.3 is 0 Å².